The summed E-state index contributed by atoms with van der Waals surface area (Å²) in [6.07, 6.45) is 0. The molecule has 3 aromatic rings. The lowest BCUT2D eigenvalue weighted by Gasteiger charge is -2.07. The molecule has 26 heavy (non-hydrogen) atoms. The summed E-state index contributed by atoms with van der Waals surface area (Å²) in [7, 11) is 1.88. The molecule has 1 aromatic heterocycles. The van der Waals surface area contributed by atoms with E-state index >= 15 is 0 Å². The fourth-order valence-corrected chi connectivity index (χ4v) is 3.42. The summed E-state index contributed by atoms with van der Waals surface area (Å²) in [6, 6.07) is 13.1. The lowest BCUT2D eigenvalue weighted by atomic mass is 10.2. The average Bonchev–Trinajstić information content (AvgIpc) is 2.98. The number of thioether (sulfide) groups is 1. The van der Waals surface area contributed by atoms with Crippen LogP contribution in [-0.4, -0.2) is 26.4 Å². The number of hydrogen-bond donors (Lipinski definition) is 1. The molecule has 0 unspecified atom stereocenters. The van der Waals surface area contributed by atoms with E-state index in [-0.39, 0.29) is 11.7 Å². The van der Waals surface area contributed by atoms with Crippen molar-refractivity contribution in [1.29, 1.82) is 0 Å². The van der Waals surface area contributed by atoms with Gasteiger partial charge in [0.2, 0.25) is 5.91 Å². The molecule has 1 heterocycles. The van der Waals surface area contributed by atoms with Gasteiger partial charge in [0.15, 0.2) is 11.0 Å². The third-order valence-corrected chi connectivity index (χ3v) is 5.87. The zero-order chi connectivity index (χ0) is 18.7. The summed E-state index contributed by atoms with van der Waals surface area (Å²) < 4.78 is 2.88. The van der Waals surface area contributed by atoms with E-state index < -0.39 is 0 Å². The van der Waals surface area contributed by atoms with Crippen LogP contribution >= 0.6 is 39.3 Å². The van der Waals surface area contributed by atoms with Gasteiger partial charge in [-0.2, -0.15) is 0 Å². The van der Waals surface area contributed by atoms with Crippen molar-refractivity contribution in [3.05, 3.63) is 57.5 Å². The molecule has 0 aliphatic carbocycles. The van der Waals surface area contributed by atoms with Crippen molar-refractivity contribution in [1.82, 2.24) is 14.8 Å². The third kappa shape index (κ3) is 4.47. The Kier molecular flexibility index (Phi) is 6.01. The molecule has 0 aliphatic rings. The van der Waals surface area contributed by atoms with E-state index in [1.165, 1.54) is 11.8 Å². The number of anilines is 1. The second-order valence-corrected chi connectivity index (χ2v) is 7.91. The maximum absolute atomic E-state index is 12.2. The summed E-state index contributed by atoms with van der Waals surface area (Å²) in [5.41, 5.74) is 2.76. The topological polar surface area (TPSA) is 59.8 Å². The van der Waals surface area contributed by atoms with Crippen molar-refractivity contribution < 1.29 is 4.79 Å². The first-order chi connectivity index (χ1) is 12.4. The maximum Gasteiger partial charge on any atom is 0.234 e. The van der Waals surface area contributed by atoms with Crippen LogP contribution in [0.5, 0.6) is 0 Å². The van der Waals surface area contributed by atoms with Crippen molar-refractivity contribution in [3.8, 4) is 11.4 Å². The predicted octanol–water partition coefficient (Wildman–Crippen LogP) is 4.94. The van der Waals surface area contributed by atoms with E-state index in [0.29, 0.717) is 10.2 Å². The molecule has 1 N–H and O–H groups in total. The van der Waals surface area contributed by atoms with E-state index in [1.807, 2.05) is 61.0 Å². The first kappa shape index (κ1) is 18.9. The Hall–Kier alpha value is -1.83. The van der Waals surface area contributed by atoms with Crippen LogP contribution in [0.4, 0.5) is 5.69 Å². The smallest absolute Gasteiger partial charge is 0.234 e. The number of carbonyl (C=O) groups excluding carboxylic acids is 1. The first-order valence-electron chi connectivity index (χ1n) is 7.78. The second-order valence-electron chi connectivity index (χ2n) is 5.67. The van der Waals surface area contributed by atoms with Gasteiger partial charge in [-0.25, -0.2) is 0 Å². The third-order valence-electron chi connectivity index (χ3n) is 3.71. The fraction of sp³-hybridized carbons (Fsp3) is 0.167. The van der Waals surface area contributed by atoms with Gasteiger partial charge in [0, 0.05) is 27.8 Å². The molecule has 0 radical (unpaired) electrons. The number of hydrogen-bond acceptors (Lipinski definition) is 4. The monoisotopic (exact) mass is 450 g/mol. The molecule has 134 valence electrons. The highest BCUT2D eigenvalue weighted by Crippen LogP contribution is 2.24. The minimum atomic E-state index is -0.0900. The van der Waals surface area contributed by atoms with E-state index in [0.717, 1.165) is 27.1 Å². The van der Waals surface area contributed by atoms with Gasteiger partial charge >= 0.3 is 0 Å². The summed E-state index contributed by atoms with van der Waals surface area (Å²) in [6.45, 7) is 1.98. The minimum absolute atomic E-state index is 0.0900. The first-order valence-corrected chi connectivity index (χ1v) is 9.94. The second kappa shape index (κ2) is 8.24. The maximum atomic E-state index is 12.2. The number of aryl methyl sites for hydroxylation is 1. The van der Waals surface area contributed by atoms with Gasteiger partial charge in [-0.15, -0.1) is 10.2 Å². The van der Waals surface area contributed by atoms with Gasteiger partial charge in [-0.3, -0.25) is 4.79 Å². The van der Waals surface area contributed by atoms with Crippen LogP contribution in [-0.2, 0) is 11.8 Å². The van der Waals surface area contributed by atoms with Crippen molar-refractivity contribution in [2.45, 2.75) is 12.1 Å². The molecule has 8 heteroatoms. The largest absolute Gasteiger partial charge is 0.325 e. The molecule has 0 saturated carbocycles. The Morgan fingerprint density at radius 3 is 2.65 bits per heavy atom. The highest BCUT2D eigenvalue weighted by Gasteiger charge is 2.13. The van der Waals surface area contributed by atoms with Crippen LogP contribution in [0.2, 0.25) is 5.02 Å². The zero-order valence-electron chi connectivity index (χ0n) is 14.2. The van der Waals surface area contributed by atoms with Crippen LogP contribution in [0, 0.1) is 6.92 Å². The number of aromatic nitrogens is 3. The molecule has 1 amide bonds. The number of nitrogens with zero attached hydrogens (tertiary/aromatic N) is 3. The Morgan fingerprint density at radius 2 is 1.96 bits per heavy atom. The number of carbonyl (C=O) groups is 1. The van der Waals surface area contributed by atoms with Gasteiger partial charge < -0.3 is 9.88 Å². The molecule has 3 rings (SSSR count). The van der Waals surface area contributed by atoms with Gasteiger partial charge in [-0.1, -0.05) is 39.3 Å². The quantitative estimate of drug-likeness (QED) is 0.558. The molecule has 2 aromatic carbocycles. The van der Waals surface area contributed by atoms with E-state index in [9.17, 15) is 4.79 Å². The van der Waals surface area contributed by atoms with E-state index in [2.05, 4.69) is 31.4 Å². The van der Waals surface area contributed by atoms with Crippen LogP contribution in [0.25, 0.3) is 11.4 Å². The molecule has 5 nitrogen and oxygen atoms in total. The predicted molar refractivity (Wildman–Crippen MR) is 110 cm³/mol. The summed E-state index contributed by atoms with van der Waals surface area (Å²) in [5.74, 6) is 0.891. The van der Waals surface area contributed by atoms with Gasteiger partial charge in [0.25, 0.3) is 0 Å². The molecule has 0 spiro atoms. The summed E-state index contributed by atoms with van der Waals surface area (Å²) in [4.78, 5) is 12.2. The standard InChI is InChI=1S/C18H16BrClN4OS/c1-11-9-14(7-8-15(11)19)21-16(25)10-26-18-23-22-17(24(18)2)12-3-5-13(20)6-4-12/h3-9H,10H2,1-2H3,(H,21,25). The number of benzene rings is 2. The summed E-state index contributed by atoms with van der Waals surface area (Å²) in [5, 5.41) is 12.6. The fourth-order valence-electron chi connectivity index (χ4n) is 2.34. The van der Waals surface area contributed by atoms with Crippen molar-refractivity contribution in [3.63, 3.8) is 0 Å². The van der Waals surface area contributed by atoms with Crippen LogP contribution in [0.3, 0.4) is 0 Å². The number of amides is 1. The van der Waals surface area contributed by atoms with Crippen LogP contribution in [0.1, 0.15) is 5.56 Å². The SMILES string of the molecule is Cc1cc(NC(=O)CSc2nnc(-c3ccc(Cl)cc3)n2C)ccc1Br. The molecule has 0 saturated heterocycles. The zero-order valence-corrected chi connectivity index (χ0v) is 17.3. The van der Waals surface area contributed by atoms with Crippen molar-refractivity contribution in [2.24, 2.45) is 7.05 Å². The lowest BCUT2D eigenvalue weighted by molar-refractivity contribution is -0.113. The molecule has 0 aliphatic heterocycles. The number of nitrogens with one attached hydrogen (secondary N) is 1. The van der Waals surface area contributed by atoms with Crippen molar-refractivity contribution >= 4 is 50.9 Å². The highest BCUT2D eigenvalue weighted by molar-refractivity contribution is 9.10. The van der Waals surface area contributed by atoms with Crippen LogP contribution in [0.15, 0.2) is 52.1 Å². The summed E-state index contributed by atoms with van der Waals surface area (Å²) >= 11 is 10.7. The Labute approximate surface area is 169 Å². The van der Waals surface area contributed by atoms with E-state index in [1.54, 1.807) is 0 Å². The normalized spacial score (nSPS) is 10.8. The highest BCUT2D eigenvalue weighted by atomic mass is 79.9. The Bertz CT molecular complexity index is 943. The lowest BCUT2D eigenvalue weighted by Crippen LogP contribution is -2.14. The minimum Gasteiger partial charge on any atom is -0.325 e. The van der Waals surface area contributed by atoms with E-state index in [4.69, 9.17) is 11.6 Å². The molecular weight excluding hydrogens is 436 g/mol. The number of halogens is 2. The number of rotatable bonds is 5. The van der Waals surface area contributed by atoms with Gasteiger partial charge in [0.1, 0.15) is 0 Å². The van der Waals surface area contributed by atoms with Gasteiger partial charge in [0.05, 0.1) is 5.75 Å². The Balaban J connectivity index is 1.63. The molecule has 0 fully saturated rings. The Morgan fingerprint density at radius 1 is 1.23 bits per heavy atom. The molecular formula is C18H16BrClN4OS. The van der Waals surface area contributed by atoms with Crippen molar-refractivity contribution in [2.75, 3.05) is 11.1 Å². The molecule has 0 atom stereocenters. The van der Waals surface area contributed by atoms with Gasteiger partial charge in [-0.05, 0) is 55.0 Å². The average molecular weight is 452 g/mol. The van der Waals surface area contributed by atoms with Crippen LogP contribution < -0.4 is 5.32 Å². The molecule has 0 bridgehead atoms.